The topological polar surface area (TPSA) is 103 Å². The van der Waals surface area contributed by atoms with Gasteiger partial charge in [0.15, 0.2) is 18.1 Å². The highest BCUT2D eigenvalue weighted by Crippen LogP contribution is 2.31. The number of esters is 1. The lowest BCUT2D eigenvalue weighted by Gasteiger charge is -2.24. The molecule has 2 amide bonds. The van der Waals surface area contributed by atoms with Crippen molar-refractivity contribution in [3.05, 3.63) is 48.5 Å². The Morgan fingerprint density at radius 1 is 1.00 bits per heavy atom. The number of carbonyl (C=O) groups excluding carboxylic acids is 3. The molecule has 3 rings (SSSR count). The molecule has 0 fully saturated rings. The van der Waals surface area contributed by atoms with Crippen LogP contribution in [0.15, 0.2) is 48.5 Å². The van der Waals surface area contributed by atoms with Gasteiger partial charge in [-0.15, -0.1) is 0 Å². The third kappa shape index (κ3) is 4.97. The van der Waals surface area contributed by atoms with Gasteiger partial charge in [0.1, 0.15) is 6.61 Å². The maximum absolute atomic E-state index is 12.1. The van der Waals surface area contributed by atoms with Gasteiger partial charge in [0, 0.05) is 18.3 Å². The largest absolute Gasteiger partial charge is 0.485 e. The van der Waals surface area contributed by atoms with Crippen LogP contribution in [-0.4, -0.2) is 37.1 Å². The summed E-state index contributed by atoms with van der Waals surface area (Å²) < 4.78 is 16.0. The Labute approximate surface area is 155 Å². The first-order chi connectivity index (χ1) is 13.0. The zero-order chi connectivity index (χ0) is 19.2. The number of hydrogen-bond acceptors (Lipinski definition) is 6. The van der Waals surface area contributed by atoms with E-state index in [0.717, 1.165) is 0 Å². The Bertz CT molecular complexity index is 850. The van der Waals surface area contributed by atoms with Crippen LogP contribution in [0.4, 0.5) is 11.4 Å². The molecule has 1 atom stereocenters. The maximum atomic E-state index is 12.1. The van der Waals surface area contributed by atoms with Crippen LogP contribution in [0.2, 0.25) is 0 Å². The molecule has 140 valence electrons. The third-order valence-electron chi connectivity index (χ3n) is 3.61. The second kappa shape index (κ2) is 8.22. The van der Waals surface area contributed by atoms with Crippen LogP contribution < -0.4 is 20.1 Å². The number of benzene rings is 2. The van der Waals surface area contributed by atoms with Gasteiger partial charge in [-0.25, -0.2) is 4.79 Å². The summed E-state index contributed by atoms with van der Waals surface area (Å²) >= 11 is 0. The molecule has 1 heterocycles. The summed E-state index contributed by atoms with van der Waals surface area (Å²) in [7, 11) is 0. The lowest BCUT2D eigenvalue weighted by Crippen LogP contribution is -2.39. The average molecular weight is 370 g/mol. The number of fused-ring (bicyclic) bond motifs is 1. The monoisotopic (exact) mass is 370 g/mol. The minimum Gasteiger partial charge on any atom is -0.485 e. The lowest BCUT2D eigenvalue weighted by atomic mass is 10.2. The van der Waals surface area contributed by atoms with Crippen LogP contribution in [0.5, 0.6) is 11.5 Å². The molecule has 8 nitrogen and oxygen atoms in total. The molecule has 0 saturated carbocycles. The van der Waals surface area contributed by atoms with Crippen LogP contribution in [0.1, 0.15) is 6.92 Å². The minimum atomic E-state index is -0.926. The summed E-state index contributed by atoms with van der Waals surface area (Å²) in [5.41, 5.74) is 1.12. The summed E-state index contributed by atoms with van der Waals surface area (Å²) in [4.78, 5) is 35.0. The van der Waals surface area contributed by atoms with Gasteiger partial charge in [-0.2, -0.15) is 0 Å². The van der Waals surface area contributed by atoms with Crippen molar-refractivity contribution in [2.75, 3.05) is 23.8 Å². The predicted molar refractivity (Wildman–Crippen MR) is 96.7 cm³/mol. The van der Waals surface area contributed by atoms with E-state index in [9.17, 15) is 14.4 Å². The van der Waals surface area contributed by atoms with Crippen LogP contribution >= 0.6 is 0 Å². The van der Waals surface area contributed by atoms with Crippen molar-refractivity contribution in [3.63, 3.8) is 0 Å². The van der Waals surface area contributed by atoms with Gasteiger partial charge in [-0.05, 0) is 36.4 Å². The smallest absolute Gasteiger partial charge is 0.351 e. The van der Waals surface area contributed by atoms with E-state index in [1.807, 2.05) is 0 Å². The van der Waals surface area contributed by atoms with Crippen molar-refractivity contribution in [1.29, 1.82) is 0 Å². The van der Waals surface area contributed by atoms with Crippen molar-refractivity contribution >= 4 is 29.2 Å². The zero-order valence-corrected chi connectivity index (χ0v) is 14.6. The van der Waals surface area contributed by atoms with Gasteiger partial charge >= 0.3 is 5.97 Å². The molecule has 0 aliphatic carbocycles. The highest BCUT2D eigenvalue weighted by molar-refractivity contribution is 5.94. The van der Waals surface area contributed by atoms with E-state index < -0.39 is 24.6 Å². The molecule has 0 bridgehead atoms. The van der Waals surface area contributed by atoms with E-state index in [4.69, 9.17) is 14.2 Å². The average Bonchev–Trinajstić information content (AvgIpc) is 2.67. The summed E-state index contributed by atoms with van der Waals surface area (Å²) in [5.74, 6) is -0.347. The standard InChI is InChI=1S/C19H18N2O6/c1-12(22)20-13-6-8-14(9-7-13)21-18(23)11-26-19(24)17-10-25-15-4-2-3-5-16(15)27-17/h2-9,17H,10-11H2,1H3,(H,20,22)(H,21,23)/t17-/m1/s1. The van der Waals surface area contributed by atoms with Gasteiger partial charge in [0.05, 0.1) is 0 Å². The minimum absolute atomic E-state index is 0.0159. The van der Waals surface area contributed by atoms with Crippen molar-refractivity contribution in [3.8, 4) is 11.5 Å². The van der Waals surface area contributed by atoms with Crippen LogP contribution in [0, 0.1) is 0 Å². The Hall–Kier alpha value is -3.55. The van der Waals surface area contributed by atoms with Gasteiger partial charge in [-0.3, -0.25) is 9.59 Å². The van der Waals surface area contributed by atoms with Crippen molar-refractivity contribution in [2.45, 2.75) is 13.0 Å². The van der Waals surface area contributed by atoms with E-state index in [-0.39, 0.29) is 12.5 Å². The second-order valence-electron chi connectivity index (χ2n) is 5.78. The summed E-state index contributed by atoms with van der Waals surface area (Å²) in [6.45, 7) is 0.972. The summed E-state index contributed by atoms with van der Waals surface area (Å²) in [6, 6.07) is 13.5. The van der Waals surface area contributed by atoms with Gasteiger partial charge in [0.2, 0.25) is 12.0 Å². The van der Waals surface area contributed by atoms with E-state index in [1.165, 1.54) is 6.92 Å². The Kier molecular flexibility index (Phi) is 5.55. The molecule has 2 aromatic carbocycles. The number of hydrogen-bond donors (Lipinski definition) is 2. The number of amides is 2. The van der Waals surface area contributed by atoms with Gasteiger partial charge in [0.25, 0.3) is 5.91 Å². The quantitative estimate of drug-likeness (QED) is 0.780. The highest BCUT2D eigenvalue weighted by Gasteiger charge is 2.29. The fourth-order valence-corrected chi connectivity index (χ4v) is 2.40. The molecule has 0 unspecified atom stereocenters. The molecular weight excluding hydrogens is 352 g/mol. The molecule has 0 aromatic heterocycles. The molecule has 2 aromatic rings. The Morgan fingerprint density at radius 3 is 2.30 bits per heavy atom. The van der Waals surface area contributed by atoms with Crippen molar-refractivity contribution in [2.24, 2.45) is 0 Å². The van der Waals surface area contributed by atoms with Gasteiger partial charge in [-0.1, -0.05) is 12.1 Å². The fourth-order valence-electron chi connectivity index (χ4n) is 2.40. The summed E-state index contributed by atoms with van der Waals surface area (Å²) in [5, 5.41) is 5.22. The zero-order valence-electron chi connectivity index (χ0n) is 14.6. The lowest BCUT2D eigenvalue weighted by molar-refractivity contribution is -0.156. The maximum Gasteiger partial charge on any atom is 0.351 e. The molecule has 0 radical (unpaired) electrons. The summed E-state index contributed by atoms with van der Waals surface area (Å²) in [6.07, 6.45) is -0.926. The van der Waals surface area contributed by atoms with Gasteiger partial charge < -0.3 is 24.8 Å². The number of carbonyl (C=O) groups is 3. The molecular formula is C19H18N2O6. The first kappa shape index (κ1) is 18.2. The van der Waals surface area contributed by atoms with E-state index in [0.29, 0.717) is 22.9 Å². The van der Waals surface area contributed by atoms with Crippen LogP contribution in [0.25, 0.3) is 0 Å². The van der Waals surface area contributed by atoms with E-state index in [1.54, 1.807) is 48.5 Å². The normalized spacial score (nSPS) is 14.8. The first-order valence-electron chi connectivity index (χ1n) is 8.24. The van der Waals surface area contributed by atoms with Crippen molar-refractivity contribution < 1.29 is 28.6 Å². The molecule has 27 heavy (non-hydrogen) atoms. The predicted octanol–water partition coefficient (Wildman–Crippen LogP) is 1.97. The Balaban J connectivity index is 1.46. The van der Waals surface area contributed by atoms with E-state index >= 15 is 0 Å². The molecule has 2 N–H and O–H groups in total. The van der Waals surface area contributed by atoms with Crippen LogP contribution in [-0.2, 0) is 19.1 Å². The first-order valence-corrected chi connectivity index (χ1v) is 8.24. The number of para-hydroxylation sites is 2. The molecule has 1 aliphatic heterocycles. The van der Waals surface area contributed by atoms with Crippen molar-refractivity contribution in [1.82, 2.24) is 0 Å². The highest BCUT2D eigenvalue weighted by atomic mass is 16.6. The third-order valence-corrected chi connectivity index (χ3v) is 3.61. The molecule has 8 heteroatoms. The molecule has 0 spiro atoms. The second-order valence-corrected chi connectivity index (χ2v) is 5.78. The number of ether oxygens (including phenoxy) is 3. The number of anilines is 2. The SMILES string of the molecule is CC(=O)Nc1ccc(NC(=O)COC(=O)[C@H]2COc3ccccc3O2)cc1. The number of nitrogens with one attached hydrogen (secondary N) is 2. The van der Waals surface area contributed by atoms with E-state index in [2.05, 4.69) is 10.6 Å². The Morgan fingerprint density at radius 2 is 1.63 bits per heavy atom. The number of rotatable bonds is 5. The molecule has 0 saturated heterocycles. The molecule has 1 aliphatic rings. The van der Waals surface area contributed by atoms with Crippen LogP contribution in [0.3, 0.4) is 0 Å². The fraction of sp³-hybridized carbons (Fsp3) is 0.211.